The standard InChI is InChI=1S/C11H13BO3S/c1-11(2,3)15-10(14)9-5-4-8(16-9)7(13)6-12/h4-5H,6H2,1-3H3. The first-order chi connectivity index (χ1) is 7.33. The van der Waals surface area contributed by atoms with Crippen molar-refractivity contribution in [2.45, 2.75) is 32.7 Å². The zero-order valence-corrected chi connectivity index (χ0v) is 10.4. The van der Waals surface area contributed by atoms with E-state index in [2.05, 4.69) is 0 Å². The van der Waals surface area contributed by atoms with Gasteiger partial charge in [-0.1, -0.05) is 0 Å². The number of hydrogen-bond donors (Lipinski definition) is 0. The first-order valence-electron chi connectivity index (χ1n) is 4.90. The van der Waals surface area contributed by atoms with Crippen molar-refractivity contribution in [3.63, 3.8) is 0 Å². The van der Waals surface area contributed by atoms with Crippen LogP contribution in [0.4, 0.5) is 0 Å². The van der Waals surface area contributed by atoms with Gasteiger partial charge < -0.3 is 4.74 Å². The van der Waals surface area contributed by atoms with Crippen LogP contribution in [-0.4, -0.2) is 25.2 Å². The highest BCUT2D eigenvalue weighted by Crippen LogP contribution is 2.21. The molecule has 2 radical (unpaired) electrons. The second-order valence-corrected chi connectivity index (χ2v) is 5.38. The summed E-state index contributed by atoms with van der Waals surface area (Å²) >= 11 is 1.11. The Labute approximate surface area is 100 Å². The topological polar surface area (TPSA) is 43.4 Å². The molecule has 0 aliphatic rings. The van der Waals surface area contributed by atoms with Crippen LogP contribution in [0.1, 0.15) is 40.1 Å². The van der Waals surface area contributed by atoms with Crippen molar-refractivity contribution in [1.82, 2.24) is 0 Å². The van der Waals surface area contributed by atoms with Gasteiger partial charge >= 0.3 is 5.97 Å². The average Bonchev–Trinajstić information content (AvgIpc) is 2.62. The van der Waals surface area contributed by atoms with Crippen LogP contribution < -0.4 is 0 Å². The van der Waals surface area contributed by atoms with Gasteiger partial charge in [0.1, 0.15) is 10.5 Å². The minimum absolute atomic E-state index is 0.0473. The van der Waals surface area contributed by atoms with Crippen LogP contribution in [0.15, 0.2) is 12.1 Å². The van der Waals surface area contributed by atoms with Crippen LogP contribution in [-0.2, 0) is 4.74 Å². The lowest BCUT2D eigenvalue weighted by atomic mass is 10.0. The van der Waals surface area contributed by atoms with E-state index in [1.165, 1.54) is 0 Å². The molecule has 5 heteroatoms. The Kier molecular flexibility index (Phi) is 3.91. The van der Waals surface area contributed by atoms with Crippen LogP contribution in [0.3, 0.4) is 0 Å². The van der Waals surface area contributed by atoms with Crippen molar-refractivity contribution < 1.29 is 14.3 Å². The van der Waals surface area contributed by atoms with Crippen molar-refractivity contribution in [1.29, 1.82) is 0 Å². The van der Waals surface area contributed by atoms with Crippen molar-refractivity contribution in [3.05, 3.63) is 21.9 Å². The summed E-state index contributed by atoms with van der Waals surface area (Å²) in [5.41, 5.74) is -0.529. The van der Waals surface area contributed by atoms with E-state index in [9.17, 15) is 9.59 Å². The first-order valence-corrected chi connectivity index (χ1v) is 5.71. The Bertz CT molecular complexity index is 404. The molecule has 1 heterocycles. The number of thiophene rings is 1. The van der Waals surface area contributed by atoms with E-state index in [4.69, 9.17) is 12.6 Å². The zero-order valence-electron chi connectivity index (χ0n) is 9.57. The molecule has 1 aromatic rings. The van der Waals surface area contributed by atoms with Crippen LogP contribution in [0.25, 0.3) is 0 Å². The third-order valence-corrected chi connectivity index (χ3v) is 2.77. The van der Waals surface area contributed by atoms with Gasteiger partial charge in [0.2, 0.25) is 0 Å². The first kappa shape index (κ1) is 13.0. The van der Waals surface area contributed by atoms with Gasteiger partial charge in [-0.3, -0.25) is 4.79 Å². The number of rotatable bonds is 3. The maximum atomic E-state index is 11.6. The van der Waals surface area contributed by atoms with Gasteiger partial charge in [-0.15, -0.1) is 11.3 Å². The quantitative estimate of drug-likeness (QED) is 0.460. The van der Waals surface area contributed by atoms with Crippen LogP contribution >= 0.6 is 11.3 Å². The van der Waals surface area contributed by atoms with E-state index in [0.717, 1.165) is 11.3 Å². The molecule has 3 nitrogen and oxygen atoms in total. The monoisotopic (exact) mass is 236 g/mol. The second-order valence-electron chi connectivity index (χ2n) is 4.29. The lowest BCUT2D eigenvalue weighted by molar-refractivity contribution is 0.00752. The highest BCUT2D eigenvalue weighted by molar-refractivity contribution is 7.16. The highest BCUT2D eigenvalue weighted by Gasteiger charge is 2.20. The summed E-state index contributed by atoms with van der Waals surface area (Å²) in [6.07, 6.45) is -0.0473. The van der Waals surface area contributed by atoms with E-state index in [-0.39, 0.29) is 12.1 Å². The Hall–Kier alpha value is -1.10. The highest BCUT2D eigenvalue weighted by atomic mass is 32.1. The van der Waals surface area contributed by atoms with Crippen LogP contribution in [0.2, 0.25) is 6.32 Å². The molecule has 0 saturated heterocycles. The number of hydrogen-bond acceptors (Lipinski definition) is 4. The van der Waals surface area contributed by atoms with E-state index < -0.39 is 11.6 Å². The summed E-state index contributed by atoms with van der Waals surface area (Å²) < 4.78 is 5.18. The van der Waals surface area contributed by atoms with Crippen molar-refractivity contribution in [2.75, 3.05) is 0 Å². The fourth-order valence-electron chi connectivity index (χ4n) is 1.03. The number of esters is 1. The Morgan fingerprint density at radius 1 is 1.31 bits per heavy atom. The molecule has 0 bridgehead atoms. The van der Waals surface area contributed by atoms with Gasteiger partial charge in [0.25, 0.3) is 0 Å². The molecule has 1 aromatic heterocycles. The lowest BCUT2D eigenvalue weighted by Gasteiger charge is -2.18. The zero-order chi connectivity index (χ0) is 12.3. The predicted octanol–water partition coefficient (Wildman–Crippen LogP) is 2.47. The third-order valence-electron chi connectivity index (χ3n) is 1.67. The number of Topliss-reactive ketones (excluding diaryl/α,β-unsaturated/α-hetero) is 1. The summed E-state index contributed by atoms with van der Waals surface area (Å²) in [6.45, 7) is 5.39. The van der Waals surface area contributed by atoms with Gasteiger partial charge in [0.15, 0.2) is 5.78 Å². The van der Waals surface area contributed by atoms with Gasteiger partial charge in [-0.2, -0.15) is 0 Å². The van der Waals surface area contributed by atoms with E-state index in [0.29, 0.717) is 9.75 Å². The minimum Gasteiger partial charge on any atom is -0.456 e. The van der Waals surface area contributed by atoms with Crippen LogP contribution in [0.5, 0.6) is 0 Å². The number of carbonyl (C=O) groups is 2. The normalized spacial score (nSPS) is 11.2. The van der Waals surface area contributed by atoms with E-state index in [1.54, 1.807) is 32.9 Å². The maximum absolute atomic E-state index is 11.6. The van der Waals surface area contributed by atoms with Crippen LogP contribution in [0, 0.1) is 0 Å². The molecule has 0 N–H and O–H groups in total. The molecule has 84 valence electrons. The van der Waals surface area contributed by atoms with Gasteiger partial charge in [0, 0.05) is 0 Å². The molecular weight excluding hydrogens is 223 g/mol. The van der Waals surface area contributed by atoms with Crippen molar-refractivity contribution in [2.24, 2.45) is 0 Å². The number of ketones is 1. The Morgan fingerprint density at radius 2 is 1.88 bits per heavy atom. The molecule has 0 spiro atoms. The Morgan fingerprint density at radius 3 is 2.38 bits per heavy atom. The molecular formula is C11H13BO3S. The molecule has 0 fully saturated rings. The molecule has 0 atom stereocenters. The Balaban J connectivity index is 2.78. The van der Waals surface area contributed by atoms with E-state index >= 15 is 0 Å². The van der Waals surface area contributed by atoms with Gasteiger partial charge in [-0.05, 0) is 39.2 Å². The summed E-state index contributed by atoms with van der Waals surface area (Å²) in [5, 5.41) is 0. The SMILES string of the molecule is [B]CC(=O)c1ccc(C(=O)OC(C)(C)C)s1. The fourth-order valence-corrected chi connectivity index (χ4v) is 1.86. The molecule has 0 aromatic carbocycles. The molecule has 0 saturated carbocycles. The maximum Gasteiger partial charge on any atom is 0.348 e. The van der Waals surface area contributed by atoms with Crippen molar-refractivity contribution >= 4 is 30.9 Å². The lowest BCUT2D eigenvalue weighted by Crippen LogP contribution is -2.23. The van der Waals surface area contributed by atoms with Crippen molar-refractivity contribution in [3.8, 4) is 0 Å². The molecule has 16 heavy (non-hydrogen) atoms. The third kappa shape index (κ3) is 3.49. The average molecular weight is 236 g/mol. The van der Waals surface area contributed by atoms with E-state index in [1.807, 2.05) is 0 Å². The molecule has 0 aliphatic heterocycles. The number of carbonyl (C=O) groups excluding carboxylic acids is 2. The molecule has 1 rings (SSSR count). The molecule has 0 unspecified atom stereocenters. The molecule has 0 aliphatic carbocycles. The summed E-state index contributed by atoms with van der Waals surface area (Å²) in [7, 11) is 5.23. The fraction of sp³-hybridized carbons (Fsp3) is 0.455. The summed E-state index contributed by atoms with van der Waals surface area (Å²) in [6, 6.07) is 3.18. The second kappa shape index (κ2) is 4.83. The summed E-state index contributed by atoms with van der Waals surface area (Å²) in [4.78, 5) is 23.8. The predicted molar refractivity (Wildman–Crippen MR) is 64.4 cm³/mol. The number of ether oxygens (including phenoxy) is 1. The summed E-state index contributed by atoms with van der Waals surface area (Å²) in [5.74, 6) is -0.576. The largest absolute Gasteiger partial charge is 0.456 e. The van der Waals surface area contributed by atoms with Gasteiger partial charge in [-0.25, -0.2) is 4.79 Å². The smallest absolute Gasteiger partial charge is 0.348 e. The van der Waals surface area contributed by atoms with Gasteiger partial charge in [0.05, 0.1) is 12.7 Å². The minimum atomic E-state index is -0.529. The molecule has 0 amide bonds.